The van der Waals surface area contributed by atoms with Crippen molar-refractivity contribution in [3.05, 3.63) is 23.0 Å². The lowest BCUT2D eigenvalue weighted by Crippen LogP contribution is -2.14. The van der Waals surface area contributed by atoms with Crippen molar-refractivity contribution in [1.82, 2.24) is 10.2 Å². The Morgan fingerprint density at radius 2 is 1.56 bits per heavy atom. The van der Waals surface area contributed by atoms with Gasteiger partial charge in [-0.15, -0.1) is 0 Å². The van der Waals surface area contributed by atoms with Crippen molar-refractivity contribution < 1.29 is 13.2 Å². The van der Waals surface area contributed by atoms with Crippen LogP contribution in [-0.4, -0.2) is 10.2 Å². The summed E-state index contributed by atoms with van der Waals surface area (Å²) in [6, 6.07) is 1.10. The fraction of sp³-hybridized carbons (Fsp3) is 0.636. The summed E-state index contributed by atoms with van der Waals surface area (Å²) in [7, 11) is 0. The summed E-state index contributed by atoms with van der Waals surface area (Å²) in [6.45, 7) is 6.93. The van der Waals surface area contributed by atoms with E-state index in [0.717, 1.165) is 6.07 Å². The topological polar surface area (TPSA) is 25.8 Å². The third-order valence-electron chi connectivity index (χ3n) is 2.29. The van der Waals surface area contributed by atoms with E-state index < -0.39 is 11.7 Å². The molecule has 0 amide bonds. The summed E-state index contributed by atoms with van der Waals surface area (Å²) in [4.78, 5) is 0. The Kier molecular flexibility index (Phi) is 3.55. The Morgan fingerprint density at radius 1 is 1.00 bits per heavy atom. The Balaban J connectivity index is 3.33. The summed E-state index contributed by atoms with van der Waals surface area (Å²) >= 11 is 0. The van der Waals surface area contributed by atoms with Crippen molar-refractivity contribution in [1.29, 1.82) is 0 Å². The molecule has 0 aliphatic rings. The molecule has 0 aromatic carbocycles. The van der Waals surface area contributed by atoms with E-state index in [0.29, 0.717) is 5.69 Å². The van der Waals surface area contributed by atoms with Crippen LogP contribution in [-0.2, 0) is 6.18 Å². The van der Waals surface area contributed by atoms with E-state index >= 15 is 0 Å². The van der Waals surface area contributed by atoms with Crippen LogP contribution in [0.2, 0.25) is 0 Å². The maximum Gasteiger partial charge on any atom is 0.418 e. The standard InChI is InChI=1S/C11H15F3N2/c1-6(2)9-5-8(11(12,13)14)10(7(3)4)16-15-9/h5-7H,1-4H3. The Morgan fingerprint density at radius 3 is 1.94 bits per heavy atom. The summed E-state index contributed by atoms with van der Waals surface area (Å²) < 4.78 is 38.4. The first-order chi connectivity index (χ1) is 7.23. The molecule has 0 fully saturated rings. The minimum Gasteiger partial charge on any atom is -0.166 e. The molecule has 0 N–H and O–H groups in total. The number of hydrogen-bond donors (Lipinski definition) is 0. The van der Waals surface area contributed by atoms with Crippen molar-refractivity contribution in [2.24, 2.45) is 0 Å². The van der Waals surface area contributed by atoms with Crippen LogP contribution in [0.25, 0.3) is 0 Å². The first kappa shape index (κ1) is 12.9. The molecule has 0 unspecified atom stereocenters. The fourth-order valence-corrected chi connectivity index (χ4v) is 1.35. The molecule has 1 rings (SSSR count). The molecule has 16 heavy (non-hydrogen) atoms. The van der Waals surface area contributed by atoms with Crippen LogP contribution >= 0.6 is 0 Å². The summed E-state index contributed by atoms with van der Waals surface area (Å²) in [5.41, 5.74) is -0.283. The lowest BCUT2D eigenvalue weighted by molar-refractivity contribution is -0.138. The smallest absolute Gasteiger partial charge is 0.166 e. The van der Waals surface area contributed by atoms with Crippen molar-refractivity contribution in [2.75, 3.05) is 0 Å². The first-order valence-corrected chi connectivity index (χ1v) is 5.18. The molecule has 0 bridgehead atoms. The molecule has 90 valence electrons. The minimum absolute atomic E-state index is 0.0110. The van der Waals surface area contributed by atoms with E-state index in [1.54, 1.807) is 27.7 Å². The molecule has 1 aromatic heterocycles. The van der Waals surface area contributed by atoms with Gasteiger partial charge in [0.2, 0.25) is 0 Å². The van der Waals surface area contributed by atoms with Crippen LogP contribution in [0, 0.1) is 0 Å². The van der Waals surface area contributed by atoms with Gasteiger partial charge in [-0.1, -0.05) is 27.7 Å². The number of halogens is 3. The van der Waals surface area contributed by atoms with E-state index in [4.69, 9.17) is 0 Å². The SMILES string of the molecule is CC(C)c1cc(C(F)(F)F)c(C(C)C)nn1. The van der Waals surface area contributed by atoms with Gasteiger partial charge in [0.15, 0.2) is 0 Å². The first-order valence-electron chi connectivity index (χ1n) is 5.18. The molecule has 0 saturated heterocycles. The molecular formula is C11H15F3N2. The Hall–Kier alpha value is -1.13. The maximum absolute atomic E-state index is 12.8. The van der Waals surface area contributed by atoms with Gasteiger partial charge < -0.3 is 0 Å². The van der Waals surface area contributed by atoms with Gasteiger partial charge >= 0.3 is 6.18 Å². The molecule has 0 aliphatic heterocycles. The monoisotopic (exact) mass is 232 g/mol. The van der Waals surface area contributed by atoms with Crippen LogP contribution < -0.4 is 0 Å². The van der Waals surface area contributed by atoms with Gasteiger partial charge in [-0.05, 0) is 17.9 Å². The molecule has 1 aromatic rings. The zero-order chi connectivity index (χ0) is 12.5. The molecule has 0 spiro atoms. The average Bonchev–Trinajstić information content (AvgIpc) is 2.15. The molecule has 0 atom stereocenters. The van der Waals surface area contributed by atoms with E-state index in [1.807, 2.05) is 0 Å². The Labute approximate surface area is 92.9 Å². The highest BCUT2D eigenvalue weighted by molar-refractivity contribution is 5.27. The van der Waals surface area contributed by atoms with Crippen molar-refractivity contribution >= 4 is 0 Å². The van der Waals surface area contributed by atoms with Gasteiger partial charge in [0.1, 0.15) is 0 Å². The fourth-order valence-electron chi connectivity index (χ4n) is 1.35. The van der Waals surface area contributed by atoms with Gasteiger partial charge in [0.05, 0.1) is 17.0 Å². The Bertz CT molecular complexity index is 370. The van der Waals surface area contributed by atoms with Gasteiger partial charge in [0, 0.05) is 0 Å². The summed E-state index contributed by atoms with van der Waals surface area (Å²) in [5, 5.41) is 7.52. The van der Waals surface area contributed by atoms with E-state index in [-0.39, 0.29) is 17.5 Å². The highest BCUT2D eigenvalue weighted by Gasteiger charge is 2.35. The highest BCUT2D eigenvalue weighted by atomic mass is 19.4. The normalized spacial score (nSPS) is 12.6. The van der Waals surface area contributed by atoms with Crippen LogP contribution in [0.1, 0.15) is 56.5 Å². The molecule has 1 heterocycles. The second-order valence-corrected chi connectivity index (χ2v) is 4.38. The van der Waals surface area contributed by atoms with Crippen molar-refractivity contribution in [3.63, 3.8) is 0 Å². The third kappa shape index (κ3) is 2.71. The van der Waals surface area contributed by atoms with Crippen LogP contribution in [0.15, 0.2) is 6.07 Å². The van der Waals surface area contributed by atoms with Gasteiger partial charge in [-0.3, -0.25) is 0 Å². The van der Waals surface area contributed by atoms with Crippen LogP contribution in [0.5, 0.6) is 0 Å². The van der Waals surface area contributed by atoms with Crippen molar-refractivity contribution in [2.45, 2.75) is 45.7 Å². The van der Waals surface area contributed by atoms with Crippen LogP contribution in [0.4, 0.5) is 13.2 Å². The van der Waals surface area contributed by atoms with E-state index in [9.17, 15) is 13.2 Å². The lowest BCUT2D eigenvalue weighted by atomic mass is 10.0. The second kappa shape index (κ2) is 4.39. The van der Waals surface area contributed by atoms with Gasteiger partial charge in [-0.25, -0.2) is 0 Å². The predicted octanol–water partition coefficient (Wildman–Crippen LogP) is 3.74. The zero-order valence-corrected chi connectivity index (χ0v) is 9.76. The molecule has 0 aliphatic carbocycles. The molecule has 5 heteroatoms. The van der Waals surface area contributed by atoms with Crippen LogP contribution in [0.3, 0.4) is 0 Å². The number of rotatable bonds is 2. The minimum atomic E-state index is -4.36. The highest BCUT2D eigenvalue weighted by Crippen LogP contribution is 2.34. The number of hydrogen-bond acceptors (Lipinski definition) is 2. The number of alkyl halides is 3. The average molecular weight is 232 g/mol. The van der Waals surface area contributed by atoms with Crippen molar-refractivity contribution in [3.8, 4) is 0 Å². The molecule has 2 nitrogen and oxygen atoms in total. The van der Waals surface area contributed by atoms with E-state index in [1.165, 1.54) is 0 Å². The maximum atomic E-state index is 12.8. The summed E-state index contributed by atoms with van der Waals surface area (Å²) in [5.74, 6) is -0.347. The molecular weight excluding hydrogens is 217 g/mol. The largest absolute Gasteiger partial charge is 0.418 e. The predicted molar refractivity (Wildman–Crippen MR) is 55.2 cm³/mol. The van der Waals surface area contributed by atoms with E-state index in [2.05, 4.69) is 10.2 Å². The lowest BCUT2D eigenvalue weighted by Gasteiger charge is -2.15. The number of aromatic nitrogens is 2. The quantitative estimate of drug-likeness (QED) is 0.776. The van der Waals surface area contributed by atoms with Gasteiger partial charge in [0.25, 0.3) is 0 Å². The molecule has 0 radical (unpaired) electrons. The molecule has 0 saturated carbocycles. The van der Waals surface area contributed by atoms with Gasteiger partial charge in [-0.2, -0.15) is 23.4 Å². The summed E-state index contributed by atoms with van der Waals surface area (Å²) in [6.07, 6.45) is -4.36. The zero-order valence-electron chi connectivity index (χ0n) is 9.76. The second-order valence-electron chi connectivity index (χ2n) is 4.38. The number of nitrogens with zero attached hydrogens (tertiary/aromatic N) is 2. The third-order valence-corrected chi connectivity index (χ3v) is 2.29.